The molecule has 5 heteroatoms. The Morgan fingerprint density at radius 3 is 2.44 bits per heavy atom. The standard InChI is InChI=1S/C11H22BrNO2S/c1-5-11(6-2,16-4)8-13-7-9(12)10(14)15-3/h9,13H,5-8H2,1-4H3. The minimum Gasteiger partial charge on any atom is -0.468 e. The molecule has 16 heavy (non-hydrogen) atoms. The molecule has 0 amide bonds. The van der Waals surface area contributed by atoms with Gasteiger partial charge in [0.25, 0.3) is 0 Å². The number of hydrogen-bond acceptors (Lipinski definition) is 4. The van der Waals surface area contributed by atoms with E-state index in [1.165, 1.54) is 7.11 Å². The highest BCUT2D eigenvalue weighted by Gasteiger charge is 2.25. The Morgan fingerprint density at radius 2 is 2.06 bits per heavy atom. The summed E-state index contributed by atoms with van der Waals surface area (Å²) in [5, 5.41) is 3.33. The van der Waals surface area contributed by atoms with E-state index in [1.807, 2.05) is 11.8 Å². The normalized spacial score (nSPS) is 13.6. The van der Waals surface area contributed by atoms with Crippen molar-refractivity contribution in [1.82, 2.24) is 5.32 Å². The highest BCUT2D eigenvalue weighted by molar-refractivity contribution is 9.10. The number of rotatable bonds is 8. The van der Waals surface area contributed by atoms with E-state index in [9.17, 15) is 4.79 Å². The van der Waals surface area contributed by atoms with Gasteiger partial charge in [0.15, 0.2) is 0 Å². The largest absolute Gasteiger partial charge is 0.468 e. The molecule has 0 aromatic heterocycles. The summed E-state index contributed by atoms with van der Waals surface area (Å²) in [5.41, 5.74) is 0. The Labute approximate surface area is 111 Å². The Hall–Kier alpha value is 0.260. The van der Waals surface area contributed by atoms with Crippen molar-refractivity contribution in [3.05, 3.63) is 0 Å². The number of carbonyl (C=O) groups is 1. The zero-order valence-electron chi connectivity index (χ0n) is 10.5. The zero-order chi connectivity index (χ0) is 12.6. The molecule has 0 aliphatic rings. The lowest BCUT2D eigenvalue weighted by atomic mass is 10.0. The molecule has 0 saturated carbocycles. The van der Waals surface area contributed by atoms with Crippen LogP contribution >= 0.6 is 27.7 Å². The SMILES string of the molecule is CCC(CC)(CNCC(Br)C(=O)OC)SC. The minimum absolute atomic E-state index is 0.227. The number of halogens is 1. The summed E-state index contributed by atoms with van der Waals surface area (Å²) in [6, 6.07) is 0. The van der Waals surface area contributed by atoms with Crippen LogP contribution < -0.4 is 5.32 Å². The average Bonchev–Trinajstić information content (AvgIpc) is 2.34. The molecule has 0 radical (unpaired) electrons. The van der Waals surface area contributed by atoms with E-state index >= 15 is 0 Å². The molecule has 1 atom stereocenters. The summed E-state index contributed by atoms with van der Waals surface area (Å²) in [5.74, 6) is -0.227. The quantitative estimate of drug-likeness (QED) is 0.552. The maximum Gasteiger partial charge on any atom is 0.320 e. The third-order valence-electron chi connectivity index (χ3n) is 2.95. The minimum atomic E-state index is -0.259. The van der Waals surface area contributed by atoms with Crippen molar-refractivity contribution in [3.63, 3.8) is 0 Å². The van der Waals surface area contributed by atoms with Crippen LogP contribution in [0.4, 0.5) is 0 Å². The monoisotopic (exact) mass is 311 g/mol. The van der Waals surface area contributed by atoms with Crippen molar-refractivity contribution in [2.45, 2.75) is 36.3 Å². The number of thioether (sulfide) groups is 1. The van der Waals surface area contributed by atoms with Crippen molar-refractivity contribution in [2.75, 3.05) is 26.5 Å². The average molecular weight is 312 g/mol. The summed E-state index contributed by atoms with van der Waals surface area (Å²) in [6.07, 6.45) is 4.40. The van der Waals surface area contributed by atoms with Gasteiger partial charge in [-0.3, -0.25) is 4.79 Å². The number of carbonyl (C=O) groups excluding carboxylic acids is 1. The molecule has 0 fully saturated rings. The van der Waals surface area contributed by atoms with E-state index in [1.54, 1.807) is 0 Å². The van der Waals surface area contributed by atoms with Gasteiger partial charge in [-0.25, -0.2) is 0 Å². The lowest BCUT2D eigenvalue weighted by molar-refractivity contribution is -0.139. The molecule has 0 aromatic carbocycles. The molecule has 1 N–H and O–H groups in total. The lowest BCUT2D eigenvalue weighted by Crippen LogP contribution is -2.40. The van der Waals surface area contributed by atoms with E-state index in [0.717, 1.165) is 19.4 Å². The Bertz CT molecular complexity index is 202. The first-order valence-electron chi connectivity index (χ1n) is 5.53. The molecule has 0 bridgehead atoms. The van der Waals surface area contributed by atoms with Crippen molar-refractivity contribution in [1.29, 1.82) is 0 Å². The van der Waals surface area contributed by atoms with Crippen molar-refractivity contribution < 1.29 is 9.53 Å². The van der Waals surface area contributed by atoms with Crippen LogP contribution in [0.15, 0.2) is 0 Å². The Morgan fingerprint density at radius 1 is 1.50 bits per heavy atom. The van der Waals surface area contributed by atoms with Gasteiger partial charge in [-0.15, -0.1) is 0 Å². The van der Waals surface area contributed by atoms with Crippen molar-refractivity contribution in [3.8, 4) is 0 Å². The summed E-state index contributed by atoms with van der Waals surface area (Å²) in [4.78, 5) is 10.9. The molecule has 0 heterocycles. The maximum atomic E-state index is 11.2. The van der Waals surface area contributed by atoms with E-state index in [2.05, 4.69) is 46.1 Å². The van der Waals surface area contributed by atoms with Gasteiger partial charge in [0, 0.05) is 17.8 Å². The van der Waals surface area contributed by atoms with E-state index in [0.29, 0.717) is 6.54 Å². The zero-order valence-corrected chi connectivity index (χ0v) is 12.9. The molecule has 0 rings (SSSR count). The fourth-order valence-electron chi connectivity index (χ4n) is 1.50. The molecule has 0 saturated heterocycles. The van der Waals surface area contributed by atoms with Gasteiger partial charge in [-0.05, 0) is 19.1 Å². The first-order chi connectivity index (χ1) is 7.55. The molecular weight excluding hydrogens is 290 g/mol. The van der Waals surface area contributed by atoms with Gasteiger partial charge < -0.3 is 10.1 Å². The number of ether oxygens (including phenoxy) is 1. The molecule has 3 nitrogen and oxygen atoms in total. The fraction of sp³-hybridized carbons (Fsp3) is 0.909. The first-order valence-corrected chi connectivity index (χ1v) is 7.67. The molecule has 0 aliphatic heterocycles. The van der Waals surface area contributed by atoms with Crippen LogP contribution in [0.1, 0.15) is 26.7 Å². The van der Waals surface area contributed by atoms with E-state index in [4.69, 9.17) is 0 Å². The van der Waals surface area contributed by atoms with Crippen LogP contribution in [-0.2, 0) is 9.53 Å². The molecular formula is C11H22BrNO2S. The summed E-state index contributed by atoms with van der Waals surface area (Å²) in [6.45, 7) is 5.93. The second-order valence-corrected chi connectivity index (χ2v) is 6.10. The summed E-state index contributed by atoms with van der Waals surface area (Å²) >= 11 is 5.18. The molecule has 96 valence electrons. The van der Waals surface area contributed by atoms with Gasteiger partial charge in [0.05, 0.1) is 7.11 Å². The van der Waals surface area contributed by atoms with Gasteiger partial charge in [-0.2, -0.15) is 11.8 Å². The number of alkyl halides is 1. The lowest BCUT2D eigenvalue weighted by Gasteiger charge is -2.30. The maximum absolute atomic E-state index is 11.2. The molecule has 0 aromatic rings. The summed E-state index contributed by atoms with van der Waals surface area (Å²) in [7, 11) is 1.40. The highest BCUT2D eigenvalue weighted by Crippen LogP contribution is 2.29. The van der Waals surface area contributed by atoms with Gasteiger partial charge >= 0.3 is 5.97 Å². The first kappa shape index (κ1) is 16.3. The number of nitrogens with one attached hydrogen (secondary N) is 1. The van der Waals surface area contributed by atoms with Crippen LogP contribution in [0.3, 0.4) is 0 Å². The second-order valence-electron chi connectivity index (χ2n) is 3.72. The Kier molecular flexibility index (Phi) is 8.50. The van der Waals surface area contributed by atoms with Crippen molar-refractivity contribution in [2.24, 2.45) is 0 Å². The van der Waals surface area contributed by atoms with Crippen LogP contribution in [0, 0.1) is 0 Å². The topological polar surface area (TPSA) is 38.3 Å². The third-order valence-corrected chi connectivity index (χ3v) is 5.23. The van der Waals surface area contributed by atoms with Crippen LogP contribution in [-0.4, -0.2) is 42.0 Å². The van der Waals surface area contributed by atoms with Gasteiger partial charge in [-0.1, -0.05) is 29.8 Å². The Balaban J connectivity index is 3.99. The fourth-order valence-corrected chi connectivity index (χ4v) is 2.74. The van der Waals surface area contributed by atoms with Crippen molar-refractivity contribution >= 4 is 33.7 Å². The number of esters is 1. The van der Waals surface area contributed by atoms with E-state index in [-0.39, 0.29) is 15.5 Å². The van der Waals surface area contributed by atoms with Gasteiger partial charge in [0.2, 0.25) is 0 Å². The summed E-state index contributed by atoms with van der Waals surface area (Å²) < 4.78 is 4.92. The molecule has 1 unspecified atom stereocenters. The molecule has 0 spiro atoms. The number of hydrogen-bond donors (Lipinski definition) is 1. The third kappa shape index (κ3) is 5.06. The predicted molar refractivity (Wildman–Crippen MR) is 74.4 cm³/mol. The smallest absolute Gasteiger partial charge is 0.320 e. The van der Waals surface area contributed by atoms with Gasteiger partial charge in [0.1, 0.15) is 4.83 Å². The number of methoxy groups -OCH3 is 1. The second kappa shape index (κ2) is 8.37. The highest BCUT2D eigenvalue weighted by atomic mass is 79.9. The van der Waals surface area contributed by atoms with Crippen LogP contribution in [0.25, 0.3) is 0 Å². The predicted octanol–water partition coefficient (Wildman–Crippen LogP) is 2.43. The van der Waals surface area contributed by atoms with E-state index < -0.39 is 0 Å². The molecule has 0 aliphatic carbocycles. The van der Waals surface area contributed by atoms with Crippen LogP contribution in [0.2, 0.25) is 0 Å². The van der Waals surface area contributed by atoms with Crippen LogP contribution in [0.5, 0.6) is 0 Å².